The molecule has 0 saturated carbocycles. The Morgan fingerprint density at radius 2 is 2.07 bits per heavy atom. The first-order chi connectivity index (χ1) is 12.9. The first kappa shape index (κ1) is 18.3. The number of nitro benzene ring substituents is 1. The third-order valence-electron chi connectivity index (χ3n) is 3.68. The fraction of sp³-hybridized carbons (Fsp3) is 0.118. The molecule has 3 rings (SSSR count). The maximum atomic E-state index is 12.5. The molecule has 0 aliphatic carbocycles. The van der Waals surface area contributed by atoms with Gasteiger partial charge in [0, 0.05) is 24.0 Å². The van der Waals surface area contributed by atoms with Crippen LogP contribution in [-0.2, 0) is 4.74 Å². The molecule has 1 aromatic carbocycles. The van der Waals surface area contributed by atoms with Crippen LogP contribution >= 0.6 is 11.6 Å². The van der Waals surface area contributed by atoms with Crippen LogP contribution in [0.25, 0.3) is 5.52 Å². The number of carbonyl (C=O) groups excluding carboxylic acids is 2. The largest absolute Gasteiger partial charge is 0.462 e. The first-order valence-corrected chi connectivity index (χ1v) is 8.18. The molecule has 1 N–H and O–H groups in total. The van der Waals surface area contributed by atoms with Crippen molar-refractivity contribution in [2.24, 2.45) is 0 Å². The maximum absolute atomic E-state index is 12.5. The summed E-state index contributed by atoms with van der Waals surface area (Å²) in [6.07, 6.45) is 2.93. The average molecular weight is 389 g/mol. The van der Waals surface area contributed by atoms with Gasteiger partial charge in [0.1, 0.15) is 5.56 Å². The molecule has 3 aromatic rings. The van der Waals surface area contributed by atoms with Gasteiger partial charge in [-0.15, -0.1) is 0 Å². The molecule has 1 amide bonds. The Hall–Kier alpha value is -3.46. The van der Waals surface area contributed by atoms with Crippen molar-refractivity contribution in [2.45, 2.75) is 6.92 Å². The van der Waals surface area contributed by atoms with Gasteiger partial charge in [0.15, 0.2) is 0 Å². The number of nitro groups is 1. The van der Waals surface area contributed by atoms with Gasteiger partial charge in [0.2, 0.25) is 0 Å². The van der Waals surface area contributed by atoms with Gasteiger partial charge in [-0.05, 0) is 25.1 Å². The van der Waals surface area contributed by atoms with E-state index in [4.69, 9.17) is 16.3 Å². The van der Waals surface area contributed by atoms with Crippen molar-refractivity contribution >= 4 is 40.4 Å². The van der Waals surface area contributed by atoms with E-state index in [1.54, 1.807) is 25.3 Å². The van der Waals surface area contributed by atoms with Gasteiger partial charge in [-0.3, -0.25) is 14.9 Å². The summed E-state index contributed by atoms with van der Waals surface area (Å²) in [5.41, 5.74) is 0.768. The lowest BCUT2D eigenvalue weighted by Crippen LogP contribution is -2.13. The number of nitrogens with zero attached hydrogens (tertiary/aromatic N) is 3. The average Bonchev–Trinajstić information content (AvgIpc) is 3.05. The van der Waals surface area contributed by atoms with Crippen LogP contribution in [0.2, 0.25) is 5.02 Å². The van der Waals surface area contributed by atoms with Crippen molar-refractivity contribution in [1.82, 2.24) is 9.61 Å². The van der Waals surface area contributed by atoms with Crippen molar-refractivity contribution in [3.8, 4) is 0 Å². The van der Waals surface area contributed by atoms with Gasteiger partial charge in [-0.2, -0.15) is 5.10 Å². The highest BCUT2D eigenvalue weighted by atomic mass is 35.5. The summed E-state index contributed by atoms with van der Waals surface area (Å²) in [4.78, 5) is 34.7. The molecule has 0 spiro atoms. The number of rotatable bonds is 5. The molecule has 0 unspecified atom stereocenters. The topological polar surface area (TPSA) is 116 Å². The molecule has 9 nitrogen and oxygen atoms in total. The molecule has 2 aromatic heterocycles. The smallest absolute Gasteiger partial charge is 0.341 e. The highest BCUT2D eigenvalue weighted by molar-refractivity contribution is 6.34. The molecule has 0 atom stereocenters. The Bertz CT molecular complexity index is 1060. The number of halogens is 1. The van der Waals surface area contributed by atoms with Crippen molar-refractivity contribution in [2.75, 3.05) is 11.9 Å². The van der Waals surface area contributed by atoms with E-state index in [2.05, 4.69) is 10.4 Å². The molecule has 27 heavy (non-hydrogen) atoms. The lowest BCUT2D eigenvalue weighted by atomic mass is 10.2. The van der Waals surface area contributed by atoms with Crippen LogP contribution in [0.3, 0.4) is 0 Å². The zero-order valence-electron chi connectivity index (χ0n) is 14.0. The summed E-state index contributed by atoms with van der Waals surface area (Å²) >= 11 is 5.98. The Labute approximate surface area is 157 Å². The molecule has 0 radical (unpaired) electrons. The number of hydrogen-bond acceptors (Lipinski definition) is 6. The number of fused-ring (bicyclic) bond motifs is 1. The summed E-state index contributed by atoms with van der Waals surface area (Å²) in [6.45, 7) is 1.91. The van der Waals surface area contributed by atoms with Gasteiger partial charge in [-0.1, -0.05) is 11.6 Å². The summed E-state index contributed by atoms with van der Waals surface area (Å²) in [6, 6.07) is 6.70. The molecule has 0 bridgehead atoms. The van der Waals surface area contributed by atoms with E-state index >= 15 is 0 Å². The molecule has 0 saturated heterocycles. The van der Waals surface area contributed by atoms with Gasteiger partial charge in [0.05, 0.1) is 33.8 Å². The standard InChI is InChI=1S/C17H13ClN4O5/c1-2-27-17(24)13-9-19-21-6-5-10(7-15(13)21)20-16(23)12-8-11(22(25)26)3-4-14(12)18/h3-9H,2H2,1H3,(H,20,23). The van der Waals surface area contributed by atoms with Crippen LogP contribution in [0.15, 0.2) is 42.7 Å². The van der Waals surface area contributed by atoms with E-state index in [0.29, 0.717) is 11.2 Å². The van der Waals surface area contributed by atoms with Crippen LogP contribution < -0.4 is 5.32 Å². The number of esters is 1. The predicted molar refractivity (Wildman–Crippen MR) is 97.2 cm³/mol. The third-order valence-corrected chi connectivity index (χ3v) is 4.01. The first-order valence-electron chi connectivity index (χ1n) is 7.80. The van der Waals surface area contributed by atoms with E-state index < -0.39 is 16.8 Å². The molecule has 10 heteroatoms. The van der Waals surface area contributed by atoms with Crippen LogP contribution in [0, 0.1) is 10.1 Å². The van der Waals surface area contributed by atoms with E-state index in [0.717, 1.165) is 6.07 Å². The van der Waals surface area contributed by atoms with Crippen LogP contribution in [0.4, 0.5) is 11.4 Å². The van der Waals surface area contributed by atoms with E-state index in [9.17, 15) is 19.7 Å². The number of ether oxygens (including phenoxy) is 1. The molecule has 138 valence electrons. The fourth-order valence-electron chi connectivity index (χ4n) is 2.42. The zero-order chi connectivity index (χ0) is 19.6. The number of aromatic nitrogens is 2. The van der Waals surface area contributed by atoms with Crippen LogP contribution in [-0.4, -0.2) is 33.0 Å². The van der Waals surface area contributed by atoms with Crippen LogP contribution in [0.5, 0.6) is 0 Å². The van der Waals surface area contributed by atoms with Gasteiger partial charge < -0.3 is 10.1 Å². The van der Waals surface area contributed by atoms with Gasteiger partial charge in [0.25, 0.3) is 11.6 Å². The van der Waals surface area contributed by atoms with E-state index in [1.165, 1.54) is 22.8 Å². The molecular formula is C17H13ClN4O5. The maximum Gasteiger partial charge on any atom is 0.341 e. The van der Waals surface area contributed by atoms with Crippen molar-refractivity contribution in [3.05, 3.63) is 69.0 Å². The molecule has 0 fully saturated rings. The minimum atomic E-state index is -0.620. The van der Waals surface area contributed by atoms with E-state index in [-0.39, 0.29) is 28.4 Å². The summed E-state index contributed by atoms with van der Waals surface area (Å²) in [7, 11) is 0. The monoisotopic (exact) mass is 388 g/mol. The van der Waals surface area contributed by atoms with Crippen molar-refractivity contribution in [1.29, 1.82) is 0 Å². The number of benzene rings is 1. The Morgan fingerprint density at radius 3 is 2.78 bits per heavy atom. The van der Waals surface area contributed by atoms with Crippen molar-refractivity contribution in [3.63, 3.8) is 0 Å². The predicted octanol–water partition coefficient (Wildman–Crippen LogP) is 3.32. The Balaban J connectivity index is 1.91. The second-order valence-electron chi connectivity index (χ2n) is 5.40. The van der Waals surface area contributed by atoms with Crippen molar-refractivity contribution < 1.29 is 19.2 Å². The second-order valence-corrected chi connectivity index (χ2v) is 5.81. The summed E-state index contributed by atoms with van der Waals surface area (Å²) < 4.78 is 6.44. The third kappa shape index (κ3) is 3.72. The molecule has 0 aliphatic heterocycles. The SMILES string of the molecule is CCOC(=O)c1cnn2ccc(NC(=O)c3cc([N+](=O)[O-])ccc3Cl)cc12. The van der Waals surface area contributed by atoms with E-state index in [1.807, 2.05) is 0 Å². The summed E-state index contributed by atoms with van der Waals surface area (Å²) in [5.74, 6) is -1.15. The number of hydrogen-bond donors (Lipinski definition) is 1. The highest BCUT2D eigenvalue weighted by Gasteiger charge is 2.18. The lowest BCUT2D eigenvalue weighted by Gasteiger charge is -2.08. The molecular weight excluding hydrogens is 376 g/mol. The van der Waals surface area contributed by atoms with Gasteiger partial charge in [-0.25, -0.2) is 9.31 Å². The lowest BCUT2D eigenvalue weighted by molar-refractivity contribution is -0.384. The minimum Gasteiger partial charge on any atom is -0.462 e. The number of nitrogens with one attached hydrogen (secondary N) is 1. The summed E-state index contributed by atoms with van der Waals surface area (Å²) in [5, 5.41) is 17.6. The number of amides is 1. The number of pyridine rings is 1. The molecule has 0 aliphatic rings. The number of carbonyl (C=O) groups is 2. The second kappa shape index (κ2) is 7.42. The zero-order valence-corrected chi connectivity index (χ0v) is 14.8. The van der Waals surface area contributed by atoms with Crippen LogP contribution in [0.1, 0.15) is 27.6 Å². The fourth-order valence-corrected chi connectivity index (χ4v) is 2.63. The molecule has 2 heterocycles. The Morgan fingerprint density at radius 1 is 1.30 bits per heavy atom. The normalized spacial score (nSPS) is 10.6. The quantitative estimate of drug-likeness (QED) is 0.407. The Kier molecular flexibility index (Phi) is 5.04. The number of non-ortho nitro benzene ring substituents is 1. The number of anilines is 1. The highest BCUT2D eigenvalue weighted by Crippen LogP contribution is 2.24. The van der Waals surface area contributed by atoms with Gasteiger partial charge >= 0.3 is 5.97 Å². The minimum absolute atomic E-state index is 0.0372.